The summed E-state index contributed by atoms with van der Waals surface area (Å²) < 4.78 is 5.25. The molecular formula is C19H15N7O2S. The molecule has 0 radical (unpaired) electrons. The van der Waals surface area contributed by atoms with Gasteiger partial charge in [-0.2, -0.15) is 20.7 Å². The van der Waals surface area contributed by atoms with Crippen molar-refractivity contribution in [1.82, 2.24) is 20.2 Å². The Morgan fingerprint density at radius 1 is 1.17 bits per heavy atom. The maximum absolute atomic E-state index is 9.78. The van der Waals surface area contributed by atoms with Crippen molar-refractivity contribution in [3.05, 3.63) is 53.5 Å². The number of anilines is 1. The van der Waals surface area contributed by atoms with Crippen molar-refractivity contribution in [2.24, 2.45) is 0 Å². The number of hydrogen-bond acceptors (Lipinski definition) is 10. The Morgan fingerprint density at radius 2 is 2.00 bits per heavy atom. The second kappa shape index (κ2) is 9.46. The summed E-state index contributed by atoms with van der Waals surface area (Å²) in [6.07, 6.45) is 3.06. The summed E-state index contributed by atoms with van der Waals surface area (Å²) in [6, 6.07) is 11.0. The Balaban J connectivity index is 2.02. The molecule has 0 aromatic carbocycles. The van der Waals surface area contributed by atoms with Crippen LogP contribution in [0.15, 0.2) is 41.7 Å². The van der Waals surface area contributed by atoms with E-state index >= 15 is 0 Å². The van der Waals surface area contributed by atoms with Crippen molar-refractivity contribution in [3.63, 3.8) is 0 Å². The molecule has 0 bridgehead atoms. The monoisotopic (exact) mass is 405 g/mol. The Labute approximate surface area is 170 Å². The summed E-state index contributed by atoms with van der Waals surface area (Å²) in [5.41, 5.74) is 7.96. The molecule has 3 aromatic rings. The molecule has 3 N–H and O–H groups in total. The summed E-state index contributed by atoms with van der Waals surface area (Å²) in [5, 5.41) is 36.4. The molecule has 0 saturated carbocycles. The molecule has 3 rings (SSSR count). The van der Waals surface area contributed by atoms with Gasteiger partial charge in [0.05, 0.1) is 17.9 Å². The van der Waals surface area contributed by atoms with E-state index in [0.29, 0.717) is 27.8 Å². The van der Waals surface area contributed by atoms with Crippen LogP contribution < -0.4 is 10.5 Å². The maximum atomic E-state index is 9.78. The first-order valence-electron chi connectivity index (χ1n) is 8.41. The minimum atomic E-state index is -0.131. The largest absolute Gasteiger partial charge is 0.475 e. The van der Waals surface area contributed by atoms with Gasteiger partial charge >= 0.3 is 0 Å². The van der Waals surface area contributed by atoms with Crippen LogP contribution in [0.1, 0.15) is 16.8 Å². The Hall–Kier alpha value is -3.73. The molecule has 0 spiro atoms. The van der Waals surface area contributed by atoms with Gasteiger partial charge in [0.25, 0.3) is 0 Å². The average molecular weight is 405 g/mol. The van der Waals surface area contributed by atoms with Crippen LogP contribution in [0.4, 0.5) is 5.82 Å². The molecular weight excluding hydrogens is 390 g/mol. The number of aliphatic hydroxyl groups excluding tert-OH is 1. The molecule has 10 heteroatoms. The number of hydrogen-bond donors (Lipinski definition) is 2. The van der Waals surface area contributed by atoms with Gasteiger partial charge in [0.2, 0.25) is 5.88 Å². The van der Waals surface area contributed by atoms with E-state index in [2.05, 4.69) is 26.2 Å². The van der Waals surface area contributed by atoms with E-state index in [0.717, 1.165) is 5.69 Å². The van der Waals surface area contributed by atoms with Gasteiger partial charge in [-0.3, -0.25) is 0 Å². The number of thioether (sulfide) groups is 1. The first-order chi connectivity index (χ1) is 14.2. The van der Waals surface area contributed by atoms with Crippen LogP contribution in [0.2, 0.25) is 0 Å². The Morgan fingerprint density at radius 3 is 2.62 bits per heavy atom. The molecule has 0 fully saturated rings. The SMILES string of the molecule is N#Cc1c(N)nc(SCc2cccnn2)c(C#N)c1-c1ccc(OCCO)nc1. The lowest BCUT2D eigenvalue weighted by Crippen LogP contribution is -2.05. The van der Waals surface area contributed by atoms with Crippen LogP contribution in [-0.2, 0) is 5.75 Å². The molecule has 0 aliphatic carbocycles. The van der Waals surface area contributed by atoms with Gasteiger partial charge in [-0.05, 0) is 18.2 Å². The van der Waals surface area contributed by atoms with E-state index < -0.39 is 0 Å². The highest BCUT2D eigenvalue weighted by Gasteiger charge is 2.21. The zero-order valence-electron chi connectivity index (χ0n) is 15.1. The van der Waals surface area contributed by atoms with Gasteiger partial charge in [0.15, 0.2) is 0 Å². The zero-order valence-corrected chi connectivity index (χ0v) is 15.9. The third-order valence-corrected chi connectivity index (χ3v) is 4.78. The minimum absolute atomic E-state index is 0.0313. The third kappa shape index (κ3) is 4.58. The zero-order chi connectivity index (χ0) is 20.6. The summed E-state index contributed by atoms with van der Waals surface area (Å²) in [5.74, 6) is 0.787. The van der Waals surface area contributed by atoms with Gasteiger partial charge in [-0.15, -0.1) is 0 Å². The minimum Gasteiger partial charge on any atom is -0.475 e. The van der Waals surface area contributed by atoms with Crippen molar-refractivity contribution < 1.29 is 9.84 Å². The summed E-state index contributed by atoms with van der Waals surface area (Å²) in [6.45, 7) is -0.0154. The molecule has 0 saturated heterocycles. The van der Waals surface area contributed by atoms with Crippen molar-refractivity contribution >= 4 is 17.6 Å². The first-order valence-corrected chi connectivity index (χ1v) is 9.39. The lowest BCUT2D eigenvalue weighted by atomic mass is 9.98. The number of nitrogens with zero attached hydrogens (tertiary/aromatic N) is 6. The summed E-state index contributed by atoms with van der Waals surface area (Å²) in [4.78, 5) is 8.41. The van der Waals surface area contributed by atoms with E-state index in [-0.39, 0.29) is 30.2 Å². The van der Waals surface area contributed by atoms with Crippen LogP contribution in [0.3, 0.4) is 0 Å². The lowest BCUT2D eigenvalue weighted by molar-refractivity contribution is 0.196. The van der Waals surface area contributed by atoms with Crippen LogP contribution >= 0.6 is 11.8 Å². The second-order valence-electron chi connectivity index (χ2n) is 5.61. The van der Waals surface area contributed by atoms with Crippen molar-refractivity contribution in [1.29, 1.82) is 10.5 Å². The van der Waals surface area contributed by atoms with Gasteiger partial charge in [-0.1, -0.05) is 11.8 Å². The third-order valence-electron chi connectivity index (χ3n) is 3.77. The van der Waals surface area contributed by atoms with Crippen LogP contribution in [-0.4, -0.2) is 38.5 Å². The van der Waals surface area contributed by atoms with E-state index in [1.165, 1.54) is 18.0 Å². The maximum Gasteiger partial charge on any atom is 0.213 e. The van der Waals surface area contributed by atoms with Crippen molar-refractivity contribution in [2.45, 2.75) is 10.8 Å². The van der Waals surface area contributed by atoms with Gasteiger partial charge in [0, 0.05) is 35.3 Å². The summed E-state index contributed by atoms with van der Waals surface area (Å²) >= 11 is 1.28. The van der Waals surface area contributed by atoms with E-state index in [1.807, 2.05) is 12.1 Å². The fourth-order valence-corrected chi connectivity index (χ4v) is 3.40. The van der Waals surface area contributed by atoms with E-state index in [9.17, 15) is 10.5 Å². The number of aliphatic hydroxyl groups is 1. The fraction of sp³-hybridized carbons (Fsp3) is 0.158. The van der Waals surface area contributed by atoms with E-state index in [4.69, 9.17) is 15.6 Å². The predicted molar refractivity (Wildman–Crippen MR) is 105 cm³/mol. The molecule has 0 unspecified atom stereocenters. The molecule has 29 heavy (non-hydrogen) atoms. The summed E-state index contributed by atoms with van der Waals surface area (Å²) in [7, 11) is 0. The highest BCUT2D eigenvalue weighted by atomic mass is 32.2. The fourth-order valence-electron chi connectivity index (χ4n) is 2.51. The normalized spacial score (nSPS) is 10.2. The molecule has 3 heterocycles. The van der Waals surface area contributed by atoms with E-state index in [1.54, 1.807) is 24.4 Å². The number of nitrogen functional groups attached to an aromatic ring is 1. The van der Waals surface area contributed by atoms with Crippen molar-refractivity contribution in [2.75, 3.05) is 18.9 Å². The molecule has 144 valence electrons. The predicted octanol–water partition coefficient (Wildman–Crippen LogP) is 1.92. The number of nitrogens with two attached hydrogens (primary N) is 1. The quantitative estimate of drug-likeness (QED) is 0.557. The Bertz CT molecular complexity index is 1080. The number of ether oxygens (including phenoxy) is 1. The topological polar surface area (TPSA) is 155 Å². The highest BCUT2D eigenvalue weighted by molar-refractivity contribution is 7.98. The van der Waals surface area contributed by atoms with Crippen LogP contribution in [0.5, 0.6) is 5.88 Å². The smallest absolute Gasteiger partial charge is 0.213 e. The Kier molecular flexibility index (Phi) is 6.53. The number of nitriles is 2. The molecule has 0 aliphatic rings. The van der Waals surface area contributed by atoms with Crippen molar-refractivity contribution in [3.8, 4) is 29.1 Å². The second-order valence-corrected chi connectivity index (χ2v) is 6.58. The standard InChI is InChI=1S/C19H15N7O2S/c20-8-14-17(12-3-4-16(23-10-12)28-7-6-27)15(9-21)19(25-18(14)22)29-11-13-2-1-5-24-26-13/h1-5,10,27H,6-7,11H2,(H2,22,25). The number of pyridine rings is 2. The first kappa shape index (κ1) is 20.0. The lowest BCUT2D eigenvalue weighted by Gasteiger charge is -2.13. The number of rotatable bonds is 7. The molecule has 0 atom stereocenters. The van der Waals surface area contributed by atoms with Gasteiger partial charge in [0.1, 0.15) is 35.2 Å². The highest BCUT2D eigenvalue weighted by Crippen LogP contribution is 2.36. The van der Waals surface area contributed by atoms with Gasteiger partial charge < -0.3 is 15.6 Å². The van der Waals surface area contributed by atoms with Crippen LogP contribution in [0, 0.1) is 22.7 Å². The van der Waals surface area contributed by atoms with Gasteiger partial charge in [-0.25, -0.2) is 9.97 Å². The van der Waals surface area contributed by atoms with Crippen LogP contribution in [0.25, 0.3) is 11.1 Å². The average Bonchev–Trinajstić information content (AvgIpc) is 2.76. The number of aromatic nitrogens is 4. The molecule has 3 aromatic heterocycles. The molecule has 0 amide bonds. The molecule has 0 aliphatic heterocycles. The molecule has 9 nitrogen and oxygen atoms in total.